The van der Waals surface area contributed by atoms with Crippen LogP contribution in [0.3, 0.4) is 0 Å². The van der Waals surface area contributed by atoms with E-state index in [-0.39, 0.29) is 0 Å². The Hall–Kier alpha value is -0.630. The minimum atomic E-state index is 0.447. The van der Waals surface area contributed by atoms with Gasteiger partial charge < -0.3 is 5.11 Å². The number of fused-ring (bicyclic) bond motifs is 1. The van der Waals surface area contributed by atoms with Gasteiger partial charge in [-0.1, -0.05) is 13.8 Å². The van der Waals surface area contributed by atoms with Crippen molar-refractivity contribution in [1.29, 1.82) is 0 Å². The van der Waals surface area contributed by atoms with Crippen LogP contribution in [0.5, 0.6) is 5.75 Å². The molecule has 0 radical (unpaired) electrons. The van der Waals surface area contributed by atoms with Crippen LogP contribution in [0.15, 0.2) is 17.0 Å². The zero-order valence-electron chi connectivity index (χ0n) is 9.58. The summed E-state index contributed by atoms with van der Waals surface area (Å²) < 4.78 is 0. The van der Waals surface area contributed by atoms with E-state index in [1.54, 1.807) is 11.8 Å². The minimum absolute atomic E-state index is 0.447. The fraction of sp³-hybridized carbons (Fsp3) is 0.538. The quantitative estimate of drug-likeness (QED) is 0.729. The predicted molar refractivity (Wildman–Crippen MR) is 65.8 cm³/mol. The van der Waals surface area contributed by atoms with Crippen LogP contribution in [-0.4, -0.2) is 11.4 Å². The van der Waals surface area contributed by atoms with Crippen molar-refractivity contribution < 1.29 is 5.11 Å². The molecule has 0 aliphatic heterocycles. The number of aromatic hydroxyl groups is 1. The second kappa shape index (κ2) is 4.09. The lowest BCUT2D eigenvalue weighted by molar-refractivity contribution is 0.418. The van der Waals surface area contributed by atoms with Gasteiger partial charge >= 0.3 is 0 Å². The summed E-state index contributed by atoms with van der Waals surface area (Å²) in [6.45, 7) is 4.61. The topological polar surface area (TPSA) is 20.2 Å². The molecule has 2 unspecified atom stereocenters. The van der Waals surface area contributed by atoms with E-state index in [4.69, 9.17) is 0 Å². The number of benzene rings is 1. The lowest BCUT2D eigenvalue weighted by Gasteiger charge is -2.29. The standard InChI is InChI=1S/C13H18OS/c1-8-4-5-10-6-12(14)13(15-3)7-11(10)9(8)2/h6-9,14H,4-5H2,1-3H3. The molecule has 1 aromatic carbocycles. The van der Waals surface area contributed by atoms with Gasteiger partial charge in [-0.05, 0) is 54.2 Å². The third-order valence-electron chi connectivity index (χ3n) is 3.65. The van der Waals surface area contributed by atoms with Crippen molar-refractivity contribution in [3.8, 4) is 5.75 Å². The number of phenolic OH excluding ortho intramolecular Hbond substituents is 1. The summed E-state index contributed by atoms with van der Waals surface area (Å²) in [7, 11) is 0. The smallest absolute Gasteiger partial charge is 0.129 e. The van der Waals surface area contributed by atoms with Crippen LogP contribution in [0.4, 0.5) is 0 Å². The van der Waals surface area contributed by atoms with Crippen molar-refractivity contribution in [2.75, 3.05) is 6.26 Å². The first-order valence-corrected chi connectivity index (χ1v) is 6.75. The van der Waals surface area contributed by atoms with Gasteiger partial charge in [0.25, 0.3) is 0 Å². The van der Waals surface area contributed by atoms with Gasteiger partial charge in [0.2, 0.25) is 0 Å². The Morgan fingerprint density at radius 2 is 2.07 bits per heavy atom. The SMILES string of the molecule is CSc1cc2c(cc1O)CCC(C)C2C. The van der Waals surface area contributed by atoms with Crippen LogP contribution in [-0.2, 0) is 6.42 Å². The number of thioether (sulfide) groups is 1. The molecule has 82 valence electrons. The molecule has 1 N–H and O–H groups in total. The van der Waals surface area contributed by atoms with Crippen molar-refractivity contribution in [2.45, 2.75) is 37.5 Å². The highest BCUT2D eigenvalue weighted by Crippen LogP contribution is 2.40. The van der Waals surface area contributed by atoms with Gasteiger partial charge in [-0.25, -0.2) is 0 Å². The van der Waals surface area contributed by atoms with Gasteiger partial charge in [-0.15, -0.1) is 11.8 Å². The number of aryl methyl sites for hydroxylation is 1. The van der Waals surface area contributed by atoms with E-state index in [0.29, 0.717) is 11.7 Å². The van der Waals surface area contributed by atoms with Crippen LogP contribution < -0.4 is 0 Å². The predicted octanol–water partition coefficient (Wildman–Crippen LogP) is 3.80. The molecule has 0 bridgehead atoms. The lowest BCUT2D eigenvalue weighted by Crippen LogP contribution is -2.15. The molecule has 1 aromatic rings. The van der Waals surface area contributed by atoms with Crippen LogP contribution in [0.1, 0.15) is 37.3 Å². The normalized spacial score (nSPS) is 25.0. The monoisotopic (exact) mass is 222 g/mol. The first-order valence-electron chi connectivity index (χ1n) is 5.53. The molecule has 2 atom stereocenters. The van der Waals surface area contributed by atoms with Gasteiger partial charge in [-0.2, -0.15) is 0 Å². The zero-order valence-corrected chi connectivity index (χ0v) is 10.4. The molecular formula is C13H18OS. The molecule has 1 aliphatic carbocycles. The van der Waals surface area contributed by atoms with Crippen LogP contribution in [0.25, 0.3) is 0 Å². The summed E-state index contributed by atoms with van der Waals surface area (Å²) in [6, 6.07) is 4.14. The average molecular weight is 222 g/mol. The zero-order chi connectivity index (χ0) is 11.0. The summed E-state index contributed by atoms with van der Waals surface area (Å²) >= 11 is 1.62. The van der Waals surface area contributed by atoms with Gasteiger partial charge in [0, 0.05) is 4.90 Å². The van der Waals surface area contributed by atoms with Gasteiger partial charge in [0.15, 0.2) is 0 Å². The Balaban J connectivity index is 2.48. The Bertz CT molecular complexity index is 373. The summed E-state index contributed by atoms with van der Waals surface area (Å²) in [5, 5.41) is 9.80. The number of hydrogen-bond acceptors (Lipinski definition) is 2. The highest BCUT2D eigenvalue weighted by molar-refractivity contribution is 7.98. The molecule has 15 heavy (non-hydrogen) atoms. The highest BCUT2D eigenvalue weighted by atomic mass is 32.2. The average Bonchev–Trinajstić information content (AvgIpc) is 2.23. The fourth-order valence-electron chi connectivity index (χ4n) is 2.37. The molecule has 2 rings (SSSR count). The third kappa shape index (κ3) is 1.87. The Labute approximate surface area is 95.9 Å². The maximum absolute atomic E-state index is 9.80. The molecule has 1 aliphatic rings. The van der Waals surface area contributed by atoms with E-state index in [2.05, 4.69) is 19.9 Å². The van der Waals surface area contributed by atoms with Crippen LogP contribution in [0, 0.1) is 5.92 Å². The van der Waals surface area contributed by atoms with Crippen molar-refractivity contribution in [1.82, 2.24) is 0 Å². The second-order valence-corrected chi connectivity index (χ2v) is 5.38. The van der Waals surface area contributed by atoms with E-state index in [0.717, 1.165) is 17.2 Å². The first-order chi connectivity index (χ1) is 7.13. The van der Waals surface area contributed by atoms with Crippen molar-refractivity contribution in [2.24, 2.45) is 5.92 Å². The third-order valence-corrected chi connectivity index (χ3v) is 4.42. The largest absolute Gasteiger partial charge is 0.507 e. The summed E-state index contributed by atoms with van der Waals surface area (Å²) in [5.74, 6) is 1.83. The Morgan fingerprint density at radius 3 is 2.73 bits per heavy atom. The van der Waals surface area contributed by atoms with Crippen LogP contribution >= 0.6 is 11.8 Å². The van der Waals surface area contributed by atoms with Crippen molar-refractivity contribution in [3.05, 3.63) is 23.3 Å². The number of phenols is 1. The van der Waals surface area contributed by atoms with Gasteiger partial charge in [-0.3, -0.25) is 0 Å². The molecule has 0 saturated heterocycles. The molecule has 0 saturated carbocycles. The lowest BCUT2D eigenvalue weighted by atomic mass is 9.77. The van der Waals surface area contributed by atoms with Gasteiger partial charge in [0.1, 0.15) is 5.75 Å². The highest BCUT2D eigenvalue weighted by Gasteiger charge is 2.24. The van der Waals surface area contributed by atoms with Crippen molar-refractivity contribution in [3.63, 3.8) is 0 Å². The first kappa shape index (κ1) is 10.9. The molecule has 0 spiro atoms. The van der Waals surface area contributed by atoms with E-state index < -0.39 is 0 Å². The molecule has 2 heteroatoms. The Kier molecular flexibility index (Phi) is 2.96. The molecule has 1 nitrogen and oxygen atoms in total. The van der Waals surface area contributed by atoms with Crippen LogP contribution in [0.2, 0.25) is 0 Å². The maximum Gasteiger partial charge on any atom is 0.129 e. The summed E-state index contributed by atoms with van der Waals surface area (Å²) in [6.07, 6.45) is 4.37. The summed E-state index contributed by atoms with van der Waals surface area (Å²) in [4.78, 5) is 1.01. The second-order valence-electron chi connectivity index (χ2n) is 4.53. The van der Waals surface area contributed by atoms with E-state index in [1.807, 2.05) is 12.3 Å². The maximum atomic E-state index is 9.80. The summed E-state index contributed by atoms with van der Waals surface area (Å²) in [5.41, 5.74) is 2.78. The Morgan fingerprint density at radius 1 is 1.33 bits per heavy atom. The van der Waals surface area contributed by atoms with E-state index in [9.17, 15) is 5.11 Å². The van der Waals surface area contributed by atoms with Crippen molar-refractivity contribution >= 4 is 11.8 Å². The number of hydrogen-bond donors (Lipinski definition) is 1. The van der Waals surface area contributed by atoms with E-state index >= 15 is 0 Å². The fourth-order valence-corrected chi connectivity index (χ4v) is 2.88. The van der Waals surface area contributed by atoms with Gasteiger partial charge in [0.05, 0.1) is 0 Å². The number of rotatable bonds is 1. The van der Waals surface area contributed by atoms with E-state index in [1.165, 1.54) is 17.5 Å². The molecule has 0 fully saturated rings. The molecule has 0 aromatic heterocycles. The molecular weight excluding hydrogens is 204 g/mol. The minimum Gasteiger partial charge on any atom is -0.507 e. The molecule has 0 heterocycles. The molecule has 0 amide bonds.